The molecular formula is C19H23ClN4O3. The SMILES string of the molecule is O=C(Nc1cc(N2CCCC2=O)ccc1Cl)N1CCN(C(=O)C2CC2)CC1. The van der Waals surface area contributed by atoms with E-state index in [1.165, 1.54) is 0 Å². The molecule has 1 aliphatic carbocycles. The number of nitrogens with one attached hydrogen (secondary N) is 1. The number of urea groups is 1. The van der Waals surface area contributed by atoms with E-state index in [1.807, 2.05) is 4.90 Å². The van der Waals surface area contributed by atoms with Crippen molar-refractivity contribution in [3.8, 4) is 0 Å². The lowest BCUT2D eigenvalue weighted by Gasteiger charge is -2.35. The third-order valence-corrected chi connectivity index (χ3v) is 5.71. The second-order valence-corrected chi connectivity index (χ2v) is 7.74. The predicted octanol–water partition coefficient (Wildman–Crippen LogP) is 2.55. The number of hydrogen-bond acceptors (Lipinski definition) is 3. The minimum absolute atomic E-state index is 0.0889. The highest BCUT2D eigenvalue weighted by molar-refractivity contribution is 6.33. The van der Waals surface area contributed by atoms with Gasteiger partial charge in [0.25, 0.3) is 0 Å². The Balaban J connectivity index is 1.38. The quantitative estimate of drug-likeness (QED) is 0.862. The van der Waals surface area contributed by atoms with Crippen molar-refractivity contribution in [3.05, 3.63) is 23.2 Å². The van der Waals surface area contributed by atoms with Gasteiger partial charge in [-0.15, -0.1) is 0 Å². The summed E-state index contributed by atoms with van der Waals surface area (Å²) in [7, 11) is 0. The van der Waals surface area contributed by atoms with Crippen molar-refractivity contribution in [2.75, 3.05) is 42.9 Å². The van der Waals surface area contributed by atoms with Crippen LogP contribution >= 0.6 is 11.6 Å². The number of nitrogens with zero attached hydrogens (tertiary/aromatic N) is 3. The van der Waals surface area contributed by atoms with Crippen LogP contribution in [0.3, 0.4) is 0 Å². The van der Waals surface area contributed by atoms with Gasteiger partial charge in [0, 0.05) is 50.7 Å². The molecule has 1 aromatic carbocycles. The van der Waals surface area contributed by atoms with Crippen molar-refractivity contribution in [3.63, 3.8) is 0 Å². The Morgan fingerprint density at radius 2 is 1.74 bits per heavy atom. The Bertz CT molecular complexity index is 772. The average Bonchev–Trinajstić information content (AvgIpc) is 3.44. The van der Waals surface area contributed by atoms with Crippen LogP contribution in [0, 0.1) is 5.92 Å². The molecule has 8 heteroatoms. The number of halogens is 1. The molecule has 0 spiro atoms. The standard InChI is InChI=1S/C19H23ClN4O3/c20-15-6-5-14(24-7-1-2-17(24)25)12-16(15)21-19(27)23-10-8-22(9-11-23)18(26)13-3-4-13/h5-6,12-13H,1-4,7-11H2,(H,21,27). The van der Waals surface area contributed by atoms with Crippen LogP contribution in [0.5, 0.6) is 0 Å². The number of benzene rings is 1. The molecule has 0 bridgehead atoms. The number of hydrogen-bond donors (Lipinski definition) is 1. The van der Waals surface area contributed by atoms with E-state index in [0.29, 0.717) is 49.9 Å². The average molecular weight is 391 g/mol. The predicted molar refractivity (Wildman–Crippen MR) is 103 cm³/mol. The summed E-state index contributed by atoms with van der Waals surface area (Å²) < 4.78 is 0. The normalized spacial score (nSPS) is 20.2. The Morgan fingerprint density at radius 1 is 1.04 bits per heavy atom. The van der Waals surface area contributed by atoms with E-state index in [0.717, 1.165) is 24.9 Å². The molecule has 3 aliphatic rings. The third-order valence-electron chi connectivity index (χ3n) is 5.38. The maximum absolute atomic E-state index is 12.6. The number of carbonyl (C=O) groups is 3. The van der Waals surface area contributed by atoms with E-state index >= 15 is 0 Å². The fourth-order valence-corrected chi connectivity index (χ4v) is 3.78. The Morgan fingerprint density at radius 3 is 2.37 bits per heavy atom. The lowest BCUT2D eigenvalue weighted by molar-refractivity contribution is -0.133. The first-order valence-electron chi connectivity index (χ1n) is 9.47. The topological polar surface area (TPSA) is 73.0 Å². The van der Waals surface area contributed by atoms with E-state index < -0.39 is 0 Å². The number of carbonyl (C=O) groups excluding carboxylic acids is 3. The van der Waals surface area contributed by atoms with E-state index in [-0.39, 0.29) is 23.8 Å². The fourth-order valence-electron chi connectivity index (χ4n) is 3.61. The van der Waals surface area contributed by atoms with Gasteiger partial charge in [-0.25, -0.2) is 4.79 Å². The molecule has 7 nitrogen and oxygen atoms in total. The van der Waals surface area contributed by atoms with Crippen molar-refractivity contribution in [2.45, 2.75) is 25.7 Å². The lowest BCUT2D eigenvalue weighted by Crippen LogP contribution is -2.52. The Hall–Kier alpha value is -2.28. The fraction of sp³-hybridized carbons (Fsp3) is 0.526. The maximum atomic E-state index is 12.6. The van der Waals surface area contributed by atoms with Gasteiger partial charge in [0.05, 0.1) is 10.7 Å². The lowest BCUT2D eigenvalue weighted by atomic mass is 10.2. The second kappa shape index (κ2) is 7.38. The smallest absolute Gasteiger partial charge is 0.322 e. The molecular weight excluding hydrogens is 368 g/mol. The molecule has 2 aliphatic heterocycles. The van der Waals surface area contributed by atoms with Crippen LogP contribution < -0.4 is 10.2 Å². The van der Waals surface area contributed by atoms with E-state index in [4.69, 9.17) is 11.6 Å². The first kappa shape index (κ1) is 18.1. The van der Waals surface area contributed by atoms with Crippen LogP contribution in [0.15, 0.2) is 18.2 Å². The molecule has 4 amide bonds. The summed E-state index contributed by atoms with van der Waals surface area (Å²) in [6.45, 7) is 2.83. The third kappa shape index (κ3) is 3.88. The molecule has 0 radical (unpaired) electrons. The molecule has 0 unspecified atom stereocenters. The zero-order valence-electron chi connectivity index (χ0n) is 15.1. The first-order chi connectivity index (χ1) is 13.0. The Labute approximate surface area is 163 Å². The summed E-state index contributed by atoms with van der Waals surface area (Å²) in [5, 5.41) is 3.28. The highest BCUT2D eigenvalue weighted by atomic mass is 35.5. The minimum Gasteiger partial charge on any atom is -0.339 e. The summed E-state index contributed by atoms with van der Waals surface area (Å²) in [6, 6.07) is 5.00. The van der Waals surface area contributed by atoms with E-state index in [9.17, 15) is 14.4 Å². The van der Waals surface area contributed by atoms with Gasteiger partial charge in [0.2, 0.25) is 11.8 Å². The molecule has 0 atom stereocenters. The Kier molecular flexibility index (Phi) is 4.95. The molecule has 1 saturated carbocycles. The van der Waals surface area contributed by atoms with Gasteiger partial charge in [-0.1, -0.05) is 11.6 Å². The van der Waals surface area contributed by atoms with Crippen molar-refractivity contribution >= 4 is 40.8 Å². The largest absolute Gasteiger partial charge is 0.339 e. The second-order valence-electron chi connectivity index (χ2n) is 7.33. The van der Waals surface area contributed by atoms with Gasteiger partial charge in [0.1, 0.15) is 0 Å². The van der Waals surface area contributed by atoms with Gasteiger partial charge >= 0.3 is 6.03 Å². The van der Waals surface area contributed by atoms with Crippen molar-refractivity contribution < 1.29 is 14.4 Å². The molecule has 0 aromatic heterocycles. The number of amides is 4. The van der Waals surface area contributed by atoms with Crippen LogP contribution in [-0.2, 0) is 9.59 Å². The van der Waals surface area contributed by atoms with E-state index in [2.05, 4.69) is 5.32 Å². The van der Waals surface area contributed by atoms with Crippen LogP contribution in [-0.4, -0.2) is 60.4 Å². The number of anilines is 2. The molecule has 27 heavy (non-hydrogen) atoms. The maximum Gasteiger partial charge on any atom is 0.322 e. The van der Waals surface area contributed by atoms with Gasteiger partial charge in [-0.2, -0.15) is 0 Å². The zero-order valence-corrected chi connectivity index (χ0v) is 15.9. The monoisotopic (exact) mass is 390 g/mol. The molecule has 3 fully saturated rings. The first-order valence-corrected chi connectivity index (χ1v) is 9.85. The molecule has 144 valence electrons. The van der Waals surface area contributed by atoms with Gasteiger partial charge in [0.15, 0.2) is 0 Å². The zero-order chi connectivity index (χ0) is 19.0. The summed E-state index contributed by atoms with van der Waals surface area (Å²) in [5.74, 6) is 0.521. The molecule has 4 rings (SSSR count). The molecule has 2 saturated heterocycles. The van der Waals surface area contributed by atoms with E-state index in [1.54, 1.807) is 28.0 Å². The molecule has 1 N–H and O–H groups in total. The van der Waals surface area contributed by atoms with Crippen molar-refractivity contribution in [2.24, 2.45) is 5.92 Å². The highest BCUT2D eigenvalue weighted by Crippen LogP contribution is 2.32. The van der Waals surface area contributed by atoms with Crippen molar-refractivity contribution in [1.29, 1.82) is 0 Å². The van der Waals surface area contributed by atoms with Crippen LogP contribution in [0.4, 0.5) is 16.2 Å². The van der Waals surface area contributed by atoms with Gasteiger partial charge < -0.3 is 20.0 Å². The van der Waals surface area contributed by atoms with Gasteiger partial charge in [-0.3, -0.25) is 9.59 Å². The van der Waals surface area contributed by atoms with Crippen LogP contribution in [0.2, 0.25) is 5.02 Å². The van der Waals surface area contributed by atoms with Crippen LogP contribution in [0.1, 0.15) is 25.7 Å². The van der Waals surface area contributed by atoms with Gasteiger partial charge in [-0.05, 0) is 37.5 Å². The molecule has 1 aromatic rings. The number of piperazine rings is 1. The summed E-state index contributed by atoms with van der Waals surface area (Å²) in [5.41, 5.74) is 1.24. The summed E-state index contributed by atoms with van der Waals surface area (Å²) in [6.07, 6.45) is 3.38. The van der Waals surface area contributed by atoms with Crippen molar-refractivity contribution in [1.82, 2.24) is 9.80 Å². The summed E-state index contributed by atoms with van der Waals surface area (Å²) in [4.78, 5) is 41.9. The highest BCUT2D eigenvalue weighted by Gasteiger charge is 2.35. The molecule has 2 heterocycles. The summed E-state index contributed by atoms with van der Waals surface area (Å²) >= 11 is 6.24. The van der Waals surface area contributed by atoms with Crippen LogP contribution in [0.25, 0.3) is 0 Å². The minimum atomic E-state index is -0.236. The number of rotatable bonds is 3.